The van der Waals surface area contributed by atoms with Crippen molar-refractivity contribution in [3.63, 3.8) is 0 Å². The Morgan fingerprint density at radius 2 is 2.00 bits per heavy atom. The van der Waals surface area contributed by atoms with Crippen LogP contribution < -0.4 is 10.6 Å². The third kappa shape index (κ3) is 2.85. The predicted octanol–water partition coefficient (Wildman–Crippen LogP) is -5.01. The standard InChI is InChI=1S/C7H16N4O7/c12-1-8-5(15)10(2-13)3-4(14)11(7(17)18)6(16)9-3/h3-4,6-7,9,12-14,16-18H,1-2H2,(H,8,15). The molecule has 3 unspecified atom stereocenters. The van der Waals surface area contributed by atoms with Crippen LogP contribution in [0.25, 0.3) is 0 Å². The second-order valence-electron chi connectivity index (χ2n) is 3.44. The number of nitrogens with zero attached hydrogens (tertiary/aromatic N) is 2. The quantitative estimate of drug-likeness (QED) is 0.233. The van der Waals surface area contributed by atoms with Crippen molar-refractivity contribution in [3.8, 4) is 0 Å². The monoisotopic (exact) mass is 268 g/mol. The maximum Gasteiger partial charge on any atom is 0.322 e. The molecule has 0 aromatic carbocycles. The van der Waals surface area contributed by atoms with Crippen LogP contribution in [0.5, 0.6) is 0 Å². The van der Waals surface area contributed by atoms with Gasteiger partial charge in [0.1, 0.15) is 25.9 Å². The lowest BCUT2D eigenvalue weighted by atomic mass is 10.4. The van der Waals surface area contributed by atoms with E-state index in [2.05, 4.69) is 5.32 Å². The largest absolute Gasteiger partial charge is 0.376 e. The number of rotatable bonds is 4. The van der Waals surface area contributed by atoms with Crippen LogP contribution in [-0.2, 0) is 0 Å². The Labute approximate surface area is 101 Å². The van der Waals surface area contributed by atoms with Crippen LogP contribution in [0.15, 0.2) is 0 Å². The van der Waals surface area contributed by atoms with Crippen molar-refractivity contribution in [1.29, 1.82) is 0 Å². The first-order chi connectivity index (χ1) is 8.43. The van der Waals surface area contributed by atoms with Crippen LogP contribution in [-0.4, -0.2) is 85.1 Å². The molecule has 0 bridgehead atoms. The van der Waals surface area contributed by atoms with E-state index < -0.39 is 44.7 Å². The van der Waals surface area contributed by atoms with Gasteiger partial charge in [0.05, 0.1) is 0 Å². The first-order valence-electron chi connectivity index (χ1n) is 4.96. The summed E-state index contributed by atoms with van der Waals surface area (Å²) in [6.07, 6.45) is -6.75. The second kappa shape index (κ2) is 6.21. The van der Waals surface area contributed by atoms with E-state index in [0.717, 1.165) is 0 Å². The van der Waals surface area contributed by atoms with Crippen molar-refractivity contribution in [2.45, 2.75) is 25.2 Å². The molecule has 11 nitrogen and oxygen atoms in total. The van der Waals surface area contributed by atoms with Crippen LogP contribution in [0.1, 0.15) is 0 Å². The molecule has 11 heteroatoms. The maximum atomic E-state index is 11.4. The molecule has 8 N–H and O–H groups in total. The zero-order valence-corrected chi connectivity index (χ0v) is 9.21. The molecule has 1 aliphatic rings. The molecule has 106 valence electrons. The number of carbonyl (C=O) groups excluding carboxylic acids is 1. The zero-order valence-electron chi connectivity index (χ0n) is 9.21. The molecule has 1 saturated heterocycles. The molecule has 0 spiro atoms. The summed E-state index contributed by atoms with van der Waals surface area (Å²) in [7, 11) is 0. The SMILES string of the molecule is O=C(NCO)N(CO)C1NC(O)N(C(O)O)C1O. The van der Waals surface area contributed by atoms with Crippen molar-refractivity contribution < 1.29 is 35.4 Å². The van der Waals surface area contributed by atoms with Gasteiger partial charge in [-0.1, -0.05) is 0 Å². The normalized spacial score (nSPS) is 28.7. The molecule has 0 saturated carbocycles. The average molecular weight is 268 g/mol. The topological polar surface area (TPSA) is 169 Å². The van der Waals surface area contributed by atoms with Crippen LogP contribution in [0.2, 0.25) is 0 Å². The highest BCUT2D eigenvalue weighted by atomic mass is 16.5. The van der Waals surface area contributed by atoms with E-state index in [1.807, 2.05) is 5.32 Å². The molecule has 0 aliphatic carbocycles. The van der Waals surface area contributed by atoms with Crippen LogP contribution in [0, 0.1) is 0 Å². The van der Waals surface area contributed by atoms with E-state index in [9.17, 15) is 15.0 Å². The van der Waals surface area contributed by atoms with Crippen molar-refractivity contribution in [2.24, 2.45) is 0 Å². The maximum absolute atomic E-state index is 11.4. The summed E-state index contributed by atoms with van der Waals surface area (Å²) >= 11 is 0. The van der Waals surface area contributed by atoms with Crippen molar-refractivity contribution in [2.75, 3.05) is 13.5 Å². The lowest BCUT2D eigenvalue weighted by Gasteiger charge is -2.30. The Hall–Kier alpha value is -1.05. The average Bonchev–Trinajstić information content (AvgIpc) is 2.56. The lowest BCUT2D eigenvalue weighted by molar-refractivity contribution is -0.237. The minimum Gasteiger partial charge on any atom is -0.376 e. The minimum atomic E-state index is -2.16. The van der Waals surface area contributed by atoms with Crippen LogP contribution in [0.3, 0.4) is 0 Å². The number of amides is 2. The van der Waals surface area contributed by atoms with Crippen LogP contribution in [0.4, 0.5) is 4.79 Å². The number of hydrogen-bond acceptors (Lipinski definition) is 9. The van der Waals surface area contributed by atoms with Gasteiger partial charge in [-0.05, 0) is 0 Å². The van der Waals surface area contributed by atoms with E-state index in [0.29, 0.717) is 9.80 Å². The van der Waals surface area contributed by atoms with Gasteiger partial charge >= 0.3 is 6.03 Å². The van der Waals surface area contributed by atoms with E-state index in [1.165, 1.54) is 0 Å². The van der Waals surface area contributed by atoms with Gasteiger partial charge in [-0.2, -0.15) is 4.90 Å². The molecule has 0 aromatic rings. The van der Waals surface area contributed by atoms with Gasteiger partial charge in [0, 0.05) is 0 Å². The fourth-order valence-corrected chi connectivity index (χ4v) is 1.59. The molecule has 0 radical (unpaired) electrons. The summed E-state index contributed by atoms with van der Waals surface area (Å²) in [6, 6.07) is -0.918. The Morgan fingerprint density at radius 3 is 2.39 bits per heavy atom. The fraction of sp³-hybridized carbons (Fsp3) is 0.857. The van der Waals surface area contributed by atoms with Gasteiger partial charge in [0.25, 0.3) is 0 Å². The minimum absolute atomic E-state index is 0.458. The highest BCUT2D eigenvalue weighted by molar-refractivity contribution is 5.74. The molecule has 3 atom stereocenters. The number of aliphatic hydroxyl groups is 6. The number of aliphatic hydroxyl groups excluding tert-OH is 5. The number of carbonyl (C=O) groups is 1. The summed E-state index contributed by atoms with van der Waals surface area (Å²) in [5, 5.41) is 58.7. The Morgan fingerprint density at radius 1 is 1.39 bits per heavy atom. The van der Waals surface area contributed by atoms with Crippen molar-refractivity contribution >= 4 is 6.03 Å². The van der Waals surface area contributed by atoms with Gasteiger partial charge in [-0.3, -0.25) is 10.2 Å². The van der Waals surface area contributed by atoms with Gasteiger partial charge < -0.3 is 36.0 Å². The first-order valence-corrected chi connectivity index (χ1v) is 4.96. The molecular formula is C7H16N4O7. The molecule has 2 amide bonds. The number of urea groups is 1. The number of hydrogen-bond donors (Lipinski definition) is 8. The van der Waals surface area contributed by atoms with Crippen LogP contribution >= 0.6 is 0 Å². The van der Waals surface area contributed by atoms with Gasteiger partial charge in [0.15, 0.2) is 6.35 Å². The number of nitrogens with one attached hydrogen (secondary N) is 2. The summed E-state index contributed by atoms with van der Waals surface area (Å²) < 4.78 is 0. The lowest BCUT2D eigenvalue weighted by Crippen LogP contribution is -2.56. The highest BCUT2D eigenvalue weighted by Crippen LogP contribution is 2.18. The zero-order chi connectivity index (χ0) is 13.9. The molecular weight excluding hydrogens is 252 g/mol. The highest BCUT2D eigenvalue weighted by Gasteiger charge is 2.45. The first kappa shape index (κ1) is 15.0. The summed E-state index contributed by atoms with van der Waals surface area (Å²) in [5.74, 6) is 0. The Balaban J connectivity index is 2.79. The smallest absolute Gasteiger partial charge is 0.322 e. The molecule has 18 heavy (non-hydrogen) atoms. The predicted molar refractivity (Wildman–Crippen MR) is 53.5 cm³/mol. The Bertz CT molecular complexity index is 291. The van der Waals surface area contributed by atoms with E-state index in [4.69, 9.17) is 20.4 Å². The fourth-order valence-electron chi connectivity index (χ4n) is 1.59. The third-order valence-electron chi connectivity index (χ3n) is 2.44. The molecule has 0 aromatic heterocycles. The van der Waals surface area contributed by atoms with Gasteiger partial charge in [-0.15, -0.1) is 0 Å². The summed E-state index contributed by atoms with van der Waals surface area (Å²) in [4.78, 5) is 12.5. The van der Waals surface area contributed by atoms with E-state index in [-0.39, 0.29) is 0 Å². The molecule has 1 aliphatic heterocycles. The van der Waals surface area contributed by atoms with Gasteiger partial charge in [0.2, 0.25) is 6.41 Å². The Kier molecular flexibility index (Phi) is 5.18. The van der Waals surface area contributed by atoms with Gasteiger partial charge in [-0.25, -0.2) is 4.79 Å². The summed E-state index contributed by atoms with van der Waals surface area (Å²) in [5.41, 5.74) is 0. The molecule has 1 fully saturated rings. The van der Waals surface area contributed by atoms with Crippen molar-refractivity contribution in [1.82, 2.24) is 20.4 Å². The van der Waals surface area contributed by atoms with Crippen molar-refractivity contribution in [3.05, 3.63) is 0 Å². The molecule has 1 heterocycles. The second-order valence-corrected chi connectivity index (χ2v) is 3.44. The van der Waals surface area contributed by atoms with E-state index in [1.54, 1.807) is 0 Å². The third-order valence-corrected chi connectivity index (χ3v) is 2.44. The van der Waals surface area contributed by atoms with E-state index >= 15 is 0 Å². The molecule has 1 rings (SSSR count). The summed E-state index contributed by atoms with van der Waals surface area (Å²) in [6.45, 7) is -1.52.